The van der Waals surface area contributed by atoms with E-state index in [1.807, 2.05) is 29.2 Å². The van der Waals surface area contributed by atoms with Crippen molar-refractivity contribution in [3.63, 3.8) is 0 Å². The number of carbonyl (C=O) groups excluding carboxylic acids is 1. The zero-order valence-corrected chi connectivity index (χ0v) is 20.0. The van der Waals surface area contributed by atoms with Gasteiger partial charge in [-0.25, -0.2) is 9.97 Å². The van der Waals surface area contributed by atoms with Crippen molar-refractivity contribution in [1.29, 1.82) is 0 Å². The van der Waals surface area contributed by atoms with Crippen LogP contribution in [0.4, 0.5) is 30.2 Å². The number of nitrogens with zero attached hydrogens (tertiary/aromatic N) is 4. The lowest BCUT2D eigenvalue weighted by Gasteiger charge is -2.34. The first-order valence-corrected chi connectivity index (χ1v) is 12.3. The highest BCUT2D eigenvalue weighted by atomic mass is 19.4. The number of amides is 1. The van der Waals surface area contributed by atoms with Crippen molar-refractivity contribution in [2.75, 3.05) is 42.9 Å². The van der Waals surface area contributed by atoms with Gasteiger partial charge in [0.2, 0.25) is 5.91 Å². The van der Waals surface area contributed by atoms with Crippen LogP contribution in [0.1, 0.15) is 38.4 Å². The molecule has 0 radical (unpaired) electrons. The van der Waals surface area contributed by atoms with Crippen LogP contribution in [0.25, 0.3) is 0 Å². The van der Waals surface area contributed by atoms with Crippen molar-refractivity contribution in [2.24, 2.45) is 11.8 Å². The van der Waals surface area contributed by atoms with Gasteiger partial charge in [0.25, 0.3) is 0 Å². The molecule has 2 aliphatic rings. The molecule has 2 N–H and O–H groups in total. The van der Waals surface area contributed by atoms with Crippen molar-refractivity contribution in [1.82, 2.24) is 20.2 Å². The van der Waals surface area contributed by atoms with Gasteiger partial charge in [0, 0.05) is 30.4 Å². The van der Waals surface area contributed by atoms with Crippen LogP contribution < -0.4 is 15.5 Å². The van der Waals surface area contributed by atoms with Crippen molar-refractivity contribution in [3.8, 4) is 0 Å². The van der Waals surface area contributed by atoms with Crippen molar-refractivity contribution < 1.29 is 18.0 Å². The Kier molecular flexibility index (Phi) is 8.10. The lowest BCUT2D eigenvalue weighted by molar-refractivity contribution is -0.179. The molecule has 10 heteroatoms. The zero-order valence-electron chi connectivity index (χ0n) is 20.0. The minimum absolute atomic E-state index is 0.0534. The number of rotatable bonds is 7. The molecule has 0 aliphatic carbocycles. The van der Waals surface area contributed by atoms with Crippen molar-refractivity contribution in [3.05, 3.63) is 42.5 Å². The van der Waals surface area contributed by atoms with E-state index in [1.54, 1.807) is 12.4 Å². The van der Waals surface area contributed by atoms with E-state index in [4.69, 9.17) is 0 Å². The summed E-state index contributed by atoms with van der Waals surface area (Å²) in [5.41, 5.74) is 2.46. The normalized spacial score (nSPS) is 18.5. The van der Waals surface area contributed by atoms with Gasteiger partial charge in [-0.05, 0) is 69.6 Å². The molecule has 0 atom stereocenters. The van der Waals surface area contributed by atoms with Crippen LogP contribution in [0, 0.1) is 11.8 Å². The lowest BCUT2D eigenvalue weighted by Crippen LogP contribution is -2.40. The summed E-state index contributed by atoms with van der Waals surface area (Å²) in [5, 5.41) is 6.18. The monoisotopic (exact) mass is 490 g/mol. The second kappa shape index (κ2) is 11.2. The smallest absolute Gasteiger partial charge is 0.372 e. The number of likely N-dealkylation sites (tertiary alicyclic amines) is 1. The highest BCUT2D eigenvalue weighted by molar-refractivity contribution is 5.78. The molecule has 7 nitrogen and oxygen atoms in total. The number of carbonyl (C=O) groups is 1. The number of alkyl halides is 3. The molecule has 1 amide bonds. The van der Waals surface area contributed by atoms with Gasteiger partial charge in [0.15, 0.2) is 0 Å². The fourth-order valence-corrected chi connectivity index (χ4v) is 4.72. The van der Waals surface area contributed by atoms with Gasteiger partial charge in [0.1, 0.15) is 5.82 Å². The molecule has 1 aromatic carbocycles. The predicted molar refractivity (Wildman–Crippen MR) is 129 cm³/mol. The first-order chi connectivity index (χ1) is 16.8. The van der Waals surface area contributed by atoms with E-state index in [1.165, 1.54) is 0 Å². The third-order valence-corrected chi connectivity index (χ3v) is 7.01. The first-order valence-electron chi connectivity index (χ1n) is 12.3. The third-order valence-electron chi connectivity index (χ3n) is 7.01. The molecule has 2 aromatic rings. The van der Waals surface area contributed by atoms with E-state index < -0.39 is 12.1 Å². The number of halogens is 3. The van der Waals surface area contributed by atoms with Crippen LogP contribution in [-0.2, 0) is 11.3 Å². The Hall–Kier alpha value is -2.88. The molecule has 3 heterocycles. The maximum Gasteiger partial charge on any atom is 0.391 e. The Labute approximate surface area is 204 Å². The Morgan fingerprint density at radius 1 is 0.971 bits per heavy atom. The number of hydrogen-bond acceptors (Lipinski definition) is 6. The van der Waals surface area contributed by atoms with Gasteiger partial charge in [0.05, 0.1) is 30.5 Å². The minimum Gasteiger partial charge on any atom is -0.372 e. The maximum atomic E-state index is 12.9. The van der Waals surface area contributed by atoms with Crippen LogP contribution in [-0.4, -0.2) is 59.7 Å². The Morgan fingerprint density at radius 3 is 2.17 bits per heavy atom. The average Bonchev–Trinajstić information content (AvgIpc) is 2.88. The summed E-state index contributed by atoms with van der Waals surface area (Å²) in [5.74, 6) is -0.533. The Balaban J connectivity index is 1.23. The molecule has 2 saturated heterocycles. The second-order valence-electron chi connectivity index (χ2n) is 9.29. The number of anilines is 3. The summed E-state index contributed by atoms with van der Waals surface area (Å²) in [6, 6.07) is 7.60. The maximum absolute atomic E-state index is 12.9. The Morgan fingerprint density at radius 2 is 1.60 bits per heavy atom. The van der Waals surface area contributed by atoms with E-state index in [-0.39, 0.29) is 24.7 Å². The van der Waals surface area contributed by atoms with Gasteiger partial charge in [-0.15, -0.1) is 0 Å². The number of aromatic nitrogens is 2. The molecule has 35 heavy (non-hydrogen) atoms. The fourth-order valence-electron chi connectivity index (χ4n) is 4.72. The number of benzene rings is 1. The molecule has 0 bridgehead atoms. The summed E-state index contributed by atoms with van der Waals surface area (Å²) in [7, 11) is 0. The summed E-state index contributed by atoms with van der Waals surface area (Å²) in [6.07, 6.45) is 1.27. The zero-order chi connectivity index (χ0) is 24.8. The summed E-state index contributed by atoms with van der Waals surface area (Å²) in [4.78, 5) is 25.4. The van der Waals surface area contributed by atoms with Crippen LogP contribution in [0.3, 0.4) is 0 Å². The molecule has 0 unspecified atom stereocenters. The largest absolute Gasteiger partial charge is 0.391 e. The van der Waals surface area contributed by atoms with Crippen LogP contribution >= 0.6 is 0 Å². The van der Waals surface area contributed by atoms with Gasteiger partial charge in [-0.1, -0.05) is 6.92 Å². The van der Waals surface area contributed by atoms with Gasteiger partial charge < -0.3 is 20.4 Å². The van der Waals surface area contributed by atoms with Crippen molar-refractivity contribution >= 4 is 23.0 Å². The molecule has 0 spiro atoms. The van der Waals surface area contributed by atoms with Crippen LogP contribution in [0.15, 0.2) is 36.7 Å². The molecule has 0 saturated carbocycles. The van der Waals surface area contributed by atoms with Gasteiger partial charge >= 0.3 is 6.18 Å². The molecule has 4 rings (SSSR count). The van der Waals surface area contributed by atoms with E-state index in [9.17, 15) is 18.0 Å². The molecule has 190 valence electrons. The molecule has 2 aliphatic heterocycles. The number of hydrogen-bond donors (Lipinski definition) is 2. The van der Waals surface area contributed by atoms with E-state index in [0.717, 1.165) is 43.9 Å². The van der Waals surface area contributed by atoms with Crippen molar-refractivity contribution in [2.45, 2.75) is 45.3 Å². The van der Waals surface area contributed by atoms with Gasteiger partial charge in [-0.2, -0.15) is 13.2 Å². The highest BCUT2D eigenvalue weighted by Crippen LogP contribution is 2.35. The molecule has 2 fully saturated rings. The SMILES string of the molecule is CCN1CCC(C(=O)NCc2ncc(Nc3ccc(N4CCC(C(F)(F)F)CC4)cc3)cn2)CC1. The average molecular weight is 491 g/mol. The minimum atomic E-state index is -4.10. The number of nitrogens with one attached hydrogen (secondary N) is 2. The molecular formula is C25H33F3N6O. The van der Waals surface area contributed by atoms with E-state index >= 15 is 0 Å². The topological polar surface area (TPSA) is 73.4 Å². The second-order valence-corrected chi connectivity index (χ2v) is 9.29. The highest BCUT2D eigenvalue weighted by Gasteiger charge is 2.41. The summed E-state index contributed by atoms with van der Waals surface area (Å²) in [6.45, 7) is 6.19. The molecular weight excluding hydrogens is 457 g/mol. The number of piperidine rings is 2. The standard InChI is InChI=1S/C25H33F3N6O/c1-2-33-11-7-18(8-12-33)24(35)31-17-23-29-15-21(16-30-23)32-20-3-5-22(6-4-20)34-13-9-19(10-14-34)25(26,27)28/h3-6,15-16,18-19,32H,2,7-14,17H2,1H3,(H,31,35). The van der Waals surface area contributed by atoms with Crippen LogP contribution in [0.5, 0.6) is 0 Å². The third kappa shape index (κ3) is 6.84. The molecule has 1 aromatic heterocycles. The summed E-state index contributed by atoms with van der Waals surface area (Å²) >= 11 is 0. The van der Waals surface area contributed by atoms with E-state index in [2.05, 4.69) is 32.4 Å². The van der Waals surface area contributed by atoms with Gasteiger partial charge in [-0.3, -0.25) is 4.79 Å². The fraction of sp³-hybridized carbons (Fsp3) is 0.560. The van der Waals surface area contributed by atoms with Crippen LogP contribution in [0.2, 0.25) is 0 Å². The quantitative estimate of drug-likeness (QED) is 0.601. The first kappa shape index (κ1) is 25.2. The summed E-state index contributed by atoms with van der Waals surface area (Å²) < 4.78 is 38.6. The Bertz CT molecular complexity index is 951. The van der Waals surface area contributed by atoms with E-state index in [0.29, 0.717) is 31.1 Å². The predicted octanol–water partition coefficient (Wildman–Crippen LogP) is 4.35. The lowest BCUT2D eigenvalue weighted by atomic mass is 9.96.